The van der Waals surface area contributed by atoms with Crippen molar-refractivity contribution in [3.05, 3.63) is 35.6 Å². The lowest BCUT2D eigenvalue weighted by Gasteiger charge is -2.32. The molecular formula is C16H25FIN3O2. The van der Waals surface area contributed by atoms with Crippen LogP contribution in [0.2, 0.25) is 0 Å². The van der Waals surface area contributed by atoms with Gasteiger partial charge in [0.1, 0.15) is 5.82 Å². The van der Waals surface area contributed by atoms with E-state index in [4.69, 9.17) is 4.74 Å². The molecule has 23 heavy (non-hydrogen) atoms. The number of aliphatic imine (C=N–C) groups is 1. The summed E-state index contributed by atoms with van der Waals surface area (Å²) >= 11 is 0. The summed E-state index contributed by atoms with van der Waals surface area (Å²) in [5.74, 6) is 0.355. The molecule has 1 aliphatic heterocycles. The molecule has 1 fully saturated rings. The van der Waals surface area contributed by atoms with Crippen molar-refractivity contribution < 1.29 is 14.2 Å². The highest BCUT2D eigenvalue weighted by Crippen LogP contribution is 2.19. The Balaban J connectivity index is 0.00000264. The second-order valence-electron chi connectivity index (χ2n) is 5.52. The summed E-state index contributed by atoms with van der Waals surface area (Å²) in [6.07, 6.45) is 1.23. The van der Waals surface area contributed by atoms with Crippen LogP contribution in [0, 0.1) is 5.82 Å². The van der Waals surface area contributed by atoms with Crippen LogP contribution in [0.15, 0.2) is 29.3 Å². The Morgan fingerprint density at radius 1 is 1.35 bits per heavy atom. The molecule has 2 rings (SSSR count). The van der Waals surface area contributed by atoms with E-state index >= 15 is 0 Å². The van der Waals surface area contributed by atoms with Gasteiger partial charge in [-0.15, -0.1) is 24.0 Å². The van der Waals surface area contributed by atoms with E-state index < -0.39 is 5.60 Å². The van der Waals surface area contributed by atoms with Crippen molar-refractivity contribution in [1.82, 2.24) is 10.6 Å². The van der Waals surface area contributed by atoms with Crippen LogP contribution in [0.5, 0.6) is 0 Å². The van der Waals surface area contributed by atoms with Crippen LogP contribution < -0.4 is 10.6 Å². The van der Waals surface area contributed by atoms with Crippen LogP contribution in [0.4, 0.5) is 4.39 Å². The summed E-state index contributed by atoms with van der Waals surface area (Å²) in [5, 5.41) is 16.7. The van der Waals surface area contributed by atoms with Gasteiger partial charge in [0.25, 0.3) is 0 Å². The quantitative estimate of drug-likeness (QED) is 0.375. The van der Waals surface area contributed by atoms with Gasteiger partial charge in [-0.2, -0.15) is 0 Å². The highest BCUT2D eigenvalue weighted by atomic mass is 127. The lowest BCUT2D eigenvalue weighted by Crippen LogP contribution is -2.49. The summed E-state index contributed by atoms with van der Waals surface area (Å²) in [6, 6.07) is 6.39. The summed E-state index contributed by atoms with van der Waals surface area (Å²) < 4.78 is 18.4. The van der Waals surface area contributed by atoms with E-state index in [0.717, 1.165) is 12.1 Å². The van der Waals surface area contributed by atoms with Gasteiger partial charge in [0, 0.05) is 39.1 Å². The predicted octanol–water partition coefficient (Wildman–Crippen LogP) is 2.04. The zero-order chi connectivity index (χ0) is 15.8. The molecule has 0 amide bonds. The zero-order valence-corrected chi connectivity index (χ0v) is 15.7. The summed E-state index contributed by atoms with van der Waals surface area (Å²) in [7, 11) is 0. The normalized spacial score (nSPS) is 17.3. The second kappa shape index (κ2) is 10.0. The third-order valence-corrected chi connectivity index (χ3v) is 3.66. The largest absolute Gasteiger partial charge is 0.388 e. The van der Waals surface area contributed by atoms with Crippen LogP contribution in [-0.2, 0) is 11.3 Å². The number of hydrogen-bond acceptors (Lipinski definition) is 3. The van der Waals surface area contributed by atoms with Crippen LogP contribution in [-0.4, -0.2) is 43.0 Å². The first kappa shape index (κ1) is 20.1. The molecule has 0 atom stereocenters. The number of aliphatic hydroxyl groups is 1. The van der Waals surface area contributed by atoms with Crippen molar-refractivity contribution in [1.29, 1.82) is 0 Å². The molecule has 3 N–H and O–H groups in total. The maximum atomic E-state index is 13.2. The molecular weight excluding hydrogens is 412 g/mol. The summed E-state index contributed by atoms with van der Waals surface area (Å²) in [6.45, 7) is 4.66. The van der Waals surface area contributed by atoms with Gasteiger partial charge in [-0.05, 0) is 24.6 Å². The highest BCUT2D eigenvalue weighted by Gasteiger charge is 2.29. The van der Waals surface area contributed by atoms with Gasteiger partial charge < -0.3 is 20.5 Å². The Morgan fingerprint density at radius 3 is 2.74 bits per heavy atom. The van der Waals surface area contributed by atoms with E-state index in [-0.39, 0.29) is 29.8 Å². The van der Waals surface area contributed by atoms with E-state index in [0.29, 0.717) is 45.1 Å². The number of halogens is 2. The van der Waals surface area contributed by atoms with Gasteiger partial charge >= 0.3 is 0 Å². The maximum absolute atomic E-state index is 13.2. The third kappa shape index (κ3) is 7.01. The number of hydrogen-bond donors (Lipinski definition) is 3. The summed E-state index contributed by atoms with van der Waals surface area (Å²) in [5.41, 5.74) is 0.0507. The first-order chi connectivity index (χ1) is 10.6. The summed E-state index contributed by atoms with van der Waals surface area (Å²) in [4.78, 5) is 4.43. The Kier molecular flexibility index (Phi) is 8.78. The van der Waals surface area contributed by atoms with Crippen molar-refractivity contribution in [2.75, 3.05) is 26.3 Å². The minimum atomic E-state index is -0.757. The van der Waals surface area contributed by atoms with Crippen LogP contribution in [0.3, 0.4) is 0 Å². The fourth-order valence-electron chi connectivity index (χ4n) is 2.32. The number of nitrogens with zero attached hydrogens (tertiary/aromatic N) is 1. The molecule has 1 aliphatic rings. The minimum absolute atomic E-state index is 0. The highest BCUT2D eigenvalue weighted by molar-refractivity contribution is 14.0. The second-order valence-corrected chi connectivity index (χ2v) is 5.52. The average molecular weight is 437 g/mol. The molecule has 0 radical (unpaired) electrons. The molecule has 130 valence electrons. The lowest BCUT2D eigenvalue weighted by atomic mass is 9.94. The molecule has 1 aromatic carbocycles. The van der Waals surface area contributed by atoms with Crippen molar-refractivity contribution >= 4 is 29.9 Å². The smallest absolute Gasteiger partial charge is 0.191 e. The third-order valence-electron chi connectivity index (χ3n) is 3.66. The number of nitrogens with one attached hydrogen (secondary N) is 2. The number of benzene rings is 1. The van der Waals surface area contributed by atoms with Gasteiger partial charge in [-0.3, -0.25) is 0 Å². The maximum Gasteiger partial charge on any atom is 0.191 e. The van der Waals surface area contributed by atoms with Gasteiger partial charge in [0.2, 0.25) is 0 Å². The van der Waals surface area contributed by atoms with Gasteiger partial charge in [-0.25, -0.2) is 9.38 Å². The molecule has 0 aromatic heterocycles. The van der Waals surface area contributed by atoms with E-state index in [1.807, 2.05) is 13.0 Å². The first-order valence-corrected chi connectivity index (χ1v) is 7.68. The predicted molar refractivity (Wildman–Crippen MR) is 99.6 cm³/mol. The standard InChI is InChI=1S/C16H24FN3O2.HI/c1-2-18-15(19-11-13-4-3-5-14(17)10-13)20-12-16(21)6-8-22-9-7-16;/h3-5,10,21H,2,6-9,11-12H2,1H3,(H2,18,19,20);1H. The Bertz CT molecular complexity index is 508. The van der Waals surface area contributed by atoms with E-state index in [9.17, 15) is 9.50 Å². The van der Waals surface area contributed by atoms with E-state index in [2.05, 4.69) is 15.6 Å². The van der Waals surface area contributed by atoms with Gasteiger partial charge in [-0.1, -0.05) is 12.1 Å². The Morgan fingerprint density at radius 2 is 2.09 bits per heavy atom. The van der Waals surface area contributed by atoms with Crippen LogP contribution >= 0.6 is 24.0 Å². The van der Waals surface area contributed by atoms with Gasteiger partial charge in [0.15, 0.2) is 5.96 Å². The molecule has 0 unspecified atom stereocenters. The molecule has 7 heteroatoms. The molecule has 0 spiro atoms. The molecule has 0 aliphatic carbocycles. The monoisotopic (exact) mass is 437 g/mol. The average Bonchev–Trinajstić information content (AvgIpc) is 2.51. The van der Waals surface area contributed by atoms with E-state index in [1.165, 1.54) is 12.1 Å². The van der Waals surface area contributed by atoms with E-state index in [1.54, 1.807) is 6.07 Å². The molecule has 0 saturated carbocycles. The molecule has 5 nitrogen and oxygen atoms in total. The van der Waals surface area contributed by atoms with Crippen LogP contribution in [0.25, 0.3) is 0 Å². The van der Waals surface area contributed by atoms with Crippen molar-refractivity contribution in [2.45, 2.75) is 31.9 Å². The molecule has 1 saturated heterocycles. The minimum Gasteiger partial charge on any atom is -0.388 e. The SMILES string of the molecule is CCNC(=NCc1cccc(F)c1)NCC1(O)CCOCC1.I. The lowest BCUT2D eigenvalue weighted by molar-refractivity contribution is -0.0594. The van der Waals surface area contributed by atoms with Crippen molar-refractivity contribution in [3.8, 4) is 0 Å². The topological polar surface area (TPSA) is 65.9 Å². The molecule has 1 heterocycles. The van der Waals surface area contributed by atoms with Gasteiger partial charge in [0.05, 0.1) is 12.1 Å². The number of ether oxygens (including phenoxy) is 1. The number of rotatable bonds is 5. The van der Waals surface area contributed by atoms with Crippen LogP contribution in [0.1, 0.15) is 25.3 Å². The fraction of sp³-hybridized carbons (Fsp3) is 0.562. The number of guanidine groups is 1. The fourth-order valence-corrected chi connectivity index (χ4v) is 2.32. The molecule has 1 aromatic rings. The van der Waals surface area contributed by atoms with Crippen molar-refractivity contribution in [3.63, 3.8) is 0 Å². The zero-order valence-electron chi connectivity index (χ0n) is 13.3. The first-order valence-electron chi connectivity index (χ1n) is 7.68. The Hall–Kier alpha value is -0.930. The Labute approximate surface area is 153 Å². The molecule has 0 bridgehead atoms. The van der Waals surface area contributed by atoms with Crippen molar-refractivity contribution in [2.24, 2.45) is 4.99 Å².